The summed E-state index contributed by atoms with van der Waals surface area (Å²) in [5, 5.41) is 10.5. The van der Waals surface area contributed by atoms with Crippen molar-refractivity contribution < 1.29 is 24.2 Å². The van der Waals surface area contributed by atoms with Crippen LogP contribution in [-0.2, 0) is 19.1 Å². The number of ether oxygens (including phenoxy) is 1. The second-order valence-corrected chi connectivity index (χ2v) is 12.0. The zero-order valence-corrected chi connectivity index (χ0v) is 24.3. The van der Waals surface area contributed by atoms with Crippen molar-refractivity contribution in [3.8, 4) is 0 Å². The van der Waals surface area contributed by atoms with Crippen LogP contribution in [0.2, 0.25) is 0 Å². The van der Waals surface area contributed by atoms with Crippen LogP contribution in [0.1, 0.15) is 73.6 Å². The van der Waals surface area contributed by atoms with Crippen LogP contribution in [0.25, 0.3) is 0 Å². The van der Waals surface area contributed by atoms with Gasteiger partial charge in [-0.3, -0.25) is 14.4 Å². The molecule has 0 aromatic carbocycles. The summed E-state index contributed by atoms with van der Waals surface area (Å²) in [5.74, 6) is -1.78. The molecule has 8 heteroatoms. The zero-order valence-electron chi connectivity index (χ0n) is 24.3. The van der Waals surface area contributed by atoms with E-state index in [0.29, 0.717) is 45.3 Å². The molecule has 3 aliphatic heterocycles. The Labute approximate surface area is 229 Å². The molecule has 0 radical (unpaired) electrons. The number of hydrogen-bond acceptors (Lipinski definition) is 5. The maximum absolute atomic E-state index is 14.5. The number of aliphatic hydroxyl groups is 1. The van der Waals surface area contributed by atoms with Crippen LogP contribution in [0.15, 0.2) is 25.3 Å². The Morgan fingerprint density at radius 2 is 1.79 bits per heavy atom. The molecule has 8 nitrogen and oxygen atoms in total. The molecule has 0 aliphatic carbocycles. The van der Waals surface area contributed by atoms with Gasteiger partial charge in [0.2, 0.25) is 17.7 Å². The summed E-state index contributed by atoms with van der Waals surface area (Å²) >= 11 is 0. The Bertz CT molecular complexity index is 920. The molecule has 214 valence electrons. The van der Waals surface area contributed by atoms with Crippen molar-refractivity contribution in [1.82, 2.24) is 14.7 Å². The lowest BCUT2D eigenvalue weighted by Gasteiger charge is -2.41. The summed E-state index contributed by atoms with van der Waals surface area (Å²) in [5.41, 5.74) is -1.89. The van der Waals surface area contributed by atoms with Crippen molar-refractivity contribution >= 4 is 17.7 Å². The fraction of sp³-hybridized carbons (Fsp3) is 0.767. The van der Waals surface area contributed by atoms with Crippen molar-refractivity contribution in [3.05, 3.63) is 25.3 Å². The van der Waals surface area contributed by atoms with Crippen molar-refractivity contribution in [1.29, 1.82) is 0 Å². The molecule has 3 amide bonds. The number of amides is 3. The standard InChI is InChI=1S/C30H49N3O5/c1-9-15-31(16-10-2)26(35)23-24-27(36)33(22(19-34)18-20(5)6)25(28(37)32(17-11-3)21(7)8)30(24)14-13-29(23,12-4)38-30/h9,11,20-25,34H,1,3,10,12-19H2,2,4-8H3/t22-,23-,24+,25?,29+,30?/m1/s1. The third-order valence-electron chi connectivity index (χ3n) is 8.85. The number of aliphatic hydroxyl groups excluding tert-OH is 1. The molecular weight excluding hydrogens is 482 g/mol. The molecule has 0 aromatic rings. The van der Waals surface area contributed by atoms with Crippen LogP contribution in [-0.4, -0.2) is 93.1 Å². The average molecular weight is 532 g/mol. The molecule has 0 aromatic heterocycles. The van der Waals surface area contributed by atoms with Crippen LogP contribution in [0, 0.1) is 17.8 Å². The van der Waals surface area contributed by atoms with Crippen LogP contribution in [0.3, 0.4) is 0 Å². The minimum Gasteiger partial charge on any atom is -0.394 e. The van der Waals surface area contributed by atoms with Gasteiger partial charge in [-0.05, 0) is 51.9 Å². The number of likely N-dealkylation sites (tertiary alicyclic amines) is 1. The minimum absolute atomic E-state index is 0.0993. The molecule has 3 fully saturated rings. The molecule has 1 N–H and O–H groups in total. The summed E-state index contributed by atoms with van der Waals surface area (Å²) in [6.45, 7) is 20.7. The van der Waals surface area contributed by atoms with Gasteiger partial charge in [0.05, 0.1) is 30.1 Å². The summed E-state index contributed by atoms with van der Waals surface area (Å²) in [4.78, 5) is 48.2. The highest BCUT2D eigenvalue weighted by molar-refractivity contribution is 5.99. The van der Waals surface area contributed by atoms with E-state index in [0.717, 1.165) is 6.42 Å². The SMILES string of the molecule is C=CCN(CCC)C(=O)[C@H]1[C@H]2C(=O)N([C@@H](CO)CC(C)C)C(C(=O)N(CC=C)C(C)C)C23CC[C@]1(CC)O3. The number of nitrogens with zero attached hydrogens (tertiary/aromatic N) is 3. The Morgan fingerprint density at radius 1 is 1.13 bits per heavy atom. The second kappa shape index (κ2) is 11.9. The third-order valence-corrected chi connectivity index (χ3v) is 8.85. The highest BCUT2D eigenvalue weighted by atomic mass is 16.5. The highest BCUT2D eigenvalue weighted by Gasteiger charge is 2.79. The summed E-state index contributed by atoms with van der Waals surface area (Å²) in [6, 6.07) is -1.55. The summed E-state index contributed by atoms with van der Waals surface area (Å²) < 4.78 is 6.91. The number of carbonyl (C=O) groups excluding carboxylic acids is 3. The van der Waals surface area contributed by atoms with Gasteiger partial charge in [0.1, 0.15) is 11.6 Å². The smallest absolute Gasteiger partial charge is 0.248 e. The normalized spacial score (nSPS) is 30.6. The number of hydrogen-bond donors (Lipinski definition) is 1. The van der Waals surface area contributed by atoms with Crippen LogP contribution in [0.4, 0.5) is 0 Å². The fourth-order valence-corrected chi connectivity index (χ4v) is 7.29. The molecule has 2 unspecified atom stereocenters. The molecule has 3 aliphatic rings. The summed E-state index contributed by atoms with van der Waals surface area (Å²) in [7, 11) is 0. The number of rotatable bonds is 14. The first kappa shape index (κ1) is 30.4. The maximum Gasteiger partial charge on any atom is 0.248 e. The largest absolute Gasteiger partial charge is 0.394 e. The lowest BCUT2D eigenvalue weighted by atomic mass is 9.64. The van der Waals surface area contributed by atoms with Gasteiger partial charge in [0, 0.05) is 25.7 Å². The monoisotopic (exact) mass is 531 g/mol. The molecule has 3 saturated heterocycles. The van der Waals surface area contributed by atoms with E-state index in [-0.39, 0.29) is 36.3 Å². The van der Waals surface area contributed by atoms with Gasteiger partial charge in [0.25, 0.3) is 0 Å². The first-order valence-electron chi connectivity index (χ1n) is 14.4. The molecule has 3 heterocycles. The van der Waals surface area contributed by atoms with Crippen LogP contribution < -0.4 is 0 Å². The quantitative estimate of drug-likeness (QED) is 0.347. The van der Waals surface area contributed by atoms with Gasteiger partial charge in [-0.2, -0.15) is 0 Å². The lowest BCUT2D eigenvalue weighted by molar-refractivity contribution is -0.159. The second-order valence-electron chi connectivity index (χ2n) is 12.0. The Hall–Kier alpha value is -2.19. The molecule has 6 atom stereocenters. The van der Waals surface area contributed by atoms with Gasteiger partial charge >= 0.3 is 0 Å². The van der Waals surface area contributed by atoms with Gasteiger partial charge in [0.15, 0.2) is 0 Å². The average Bonchev–Trinajstić information content (AvgIpc) is 3.48. The van der Waals surface area contributed by atoms with Crippen molar-refractivity contribution in [2.24, 2.45) is 17.8 Å². The maximum atomic E-state index is 14.5. The van der Waals surface area contributed by atoms with Gasteiger partial charge in [-0.1, -0.05) is 39.8 Å². The first-order chi connectivity index (χ1) is 18.0. The number of fused-ring (bicyclic) bond motifs is 1. The van der Waals surface area contributed by atoms with Gasteiger partial charge in [-0.25, -0.2) is 0 Å². The van der Waals surface area contributed by atoms with Crippen LogP contribution >= 0.6 is 0 Å². The predicted molar refractivity (Wildman–Crippen MR) is 148 cm³/mol. The molecule has 0 saturated carbocycles. The zero-order chi connectivity index (χ0) is 28.4. The van der Waals surface area contributed by atoms with Crippen molar-refractivity contribution in [2.45, 2.75) is 103 Å². The first-order valence-corrected chi connectivity index (χ1v) is 14.4. The molecular formula is C30H49N3O5. The highest BCUT2D eigenvalue weighted by Crippen LogP contribution is 2.65. The Kier molecular flexibility index (Phi) is 9.51. The molecule has 2 bridgehead atoms. The van der Waals surface area contributed by atoms with Crippen molar-refractivity contribution in [3.63, 3.8) is 0 Å². The van der Waals surface area contributed by atoms with E-state index in [2.05, 4.69) is 13.2 Å². The Morgan fingerprint density at radius 3 is 2.29 bits per heavy atom. The van der Waals surface area contributed by atoms with E-state index in [4.69, 9.17) is 4.74 Å². The molecule has 38 heavy (non-hydrogen) atoms. The van der Waals surface area contributed by atoms with E-state index in [9.17, 15) is 19.5 Å². The van der Waals surface area contributed by atoms with Crippen molar-refractivity contribution in [2.75, 3.05) is 26.2 Å². The lowest BCUT2D eigenvalue weighted by Crippen LogP contribution is -2.60. The number of carbonyl (C=O) groups is 3. The van der Waals surface area contributed by atoms with E-state index in [1.54, 1.807) is 26.9 Å². The third kappa shape index (κ3) is 4.83. The predicted octanol–water partition coefficient (Wildman–Crippen LogP) is 3.40. The molecule has 3 rings (SSSR count). The van der Waals surface area contributed by atoms with Gasteiger partial charge in [-0.15, -0.1) is 13.2 Å². The topological polar surface area (TPSA) is 90.4 Å². The summed E-state index contributed by atoms with van der Waals surface area (Å²) in [6.07, 6.45) is 6.47. The molecule has 1 spiro atoms. The van der Waals surface area contributed by atoms with Crippen LogP contribution in [0.5, 0.6) is 0 Å². The van der Waals surface area contributed by atoms with E-state index >= 15 is 0 Å². The van der Waals surface area contributed by atoms with E-state index < -0.39 is 35.1 Å². The minimum atomic E-state index is -1.10. The Balaban J connectivity index is 2.19. The van der Waals surface area contributed by atoms with E-state index in [1.807, 2.05) is 41.5 Å². The van der Waals surface area contributed by atoms with Gasteiger partial charge < -0.3 is 24.5 Å². The fourth-order valence-electron chi connectivity index (χ4n) is 7.29. The van der Waals surface area contributed by atoms with E-state index in [1.165, 1.54) is 0 Å².